The minimum absolute atomic E-state index is 0.0234. The van der Waals surface area contributed by atoms with Gasteiger partial charge in [-0.25, -0.2) is 8.42 Å². The Kier molecular flexibility index (Phi) is 6.38. The van der Waals surface area contributed by atoms with Gasteiger partial charge in [0.2, 0.25) is 15.9 Å². The van der Waals surface area contributed by atoms with E-state index < -0.39 is 10.0 Å². The fourth-order valence-corrected chi connectivity index (χ4v) is 5.12. The number of nitrogens with zero attached hydrogens (tertiary/aromatic N) is 2. The summed E-state index contributed by atoms with van der Waals surface area (Å²) in [6.07, 6.45) is 0. The molecule has 6 nitrogen and oxygen atoms in total. The number of benzene rings is 2. The Morgan fingerprint density at radius 1 is 1.07 bits per heavy atom. The zero-order chi connectivity index (χ0) is 19.4. The maximum absolute atomic E-state index is 12.6. The Balaban J connectivity index is 1.55. The van der Waals surface area contributed by atoms with Crippen LogP contribution in [-0.2, 0) is 14.8 Å². The highest BCUT2D eigenvalue weighted by molar-refractivity contribution is 14.1. The molecule has 2 aromatic rings. The van der Waals surface area contributed by atoms with Crippen molar-refractivity contribution in [2.75, 3.05) is 38.0 Å². The van der Waals surface area contributed by atoms with Crippen molar-refractivity contribution in [1.29, 1.82) is 0 Å². The van der Waals surface area contributed by atoms with Crippen molar-refractivity contribution in [3.63, 3.8) is 0 Å². The number of nitrogens with one attached hydrogen (secondary N) is 1. The maximum atomic E-state index is 12.6. The molecule has 1 N–H and O–H groups in total. The van der Waals surface area contributed by atoms with Crippen molar-refractivity contribution in [3.8, 4) is 0 Å². The maximum Gasteiger partial charge on any atom is 0.243 e. The van der Waals surface area contributed by atoms with Crippen molar-refractivity contribution in [3.05, 3.63) is 57.7 Å². The number of halogens is 1. The summed E-state index contributed by atoms with van der Waals surface area (Å²) in [5.74, 6) is -0.0234. The number of carbonyl (C=O) groups is 1. The van der Waals surface area contributed by atoms with Crippen LogP contribution >= 0.6 is 22.6 Å². The summed E-state index contributed by atoms with van der Waals surface area (Å²) in [6.45, 7) is 3.63. The predicted molar refractivity (Wildman–Crippen MR) is 114 cm³/mol. The van der Waals surface area contributed by atoms with Crippen LogP contribution < -0.4 is 5.32 Å². The molecule has 0 aromatic heterocycles. The van der Waals surface area contributed by atoms with Gasteiger partial charge in [0.05, 0.1) is 11.4 Å². The average molecular weight is 499 g/mol. The molecule has 0 radical (unpaired) electrons. The summed E-state index contributed by atoms with van der Waals surface area (Å²) in [7, 11) is -3.50. The monoisotopic (exact) mass is 499 g/mol. The molecule has 3 rings (SSSR count). The molecular formula is C19H22IN3O3S. The number of anilines is 1. The topological polar surface area (TPSA) is 69.7 Å². The molecule has 1 saturated heterocycles. The van der Waals surface area contributed by atoms with Gasteiger partial charge in [-0.15, -0.1) is 0 Å². The Morgan fingerprint density at radius 3 is 2.37 bits per heavy atom. The van der Waals surface area contributed by atoms with E-state index in [0.29, 0.717) is 31.1 Å². The van der Waals surface area contributed by atoms with Crippen LogP contribution in [0.5, 0.6) is 0 Å². The van der Waals surface area contributed by atoms with E-state index >= 15 is 0 Å². The second-order valence-electron chi connectivity index (χ2n) is 6.41. The fourth-order valence-electron chi connectivity index (χ4n) is 3.03. The highest BCUT2D eigenvalue weighted by Gasteiger charge is 2.29. The lowest BCUT2D eigenvalue weighted by molar-refractivity contribution is -0.130. The standard InChI is InChI=1S/C19H22IN3O3S/c1-15-13-16(20)7-8-18(15)21-14-19(24)22-9-11-23(12-10-22)27(25,26)17-5-3-2-4-6-17/h2-8,13,21H,9-12,14H2,1H3. The van der Waals surface area contributed by atoms with Crippen molar-refractivity contribution in [2.24, 2.45) is 0 Å². The second kappa shape index (κ2) is 8.57. The smallest absolute Gasteiger partial charge is 0.243 e. The van der Waals surface area contributed by atoms with E-state index in [4.69, 9.17) is 0 Å². The highest BCUT2D eigenvalue weighted by atomic mass is 127. The molecule has 0 unspecified atom stereocenters. The van der Waals surface area contributed by atoms with Gasteiger partial charge in [-0.05, 0) is 65.4 Å². The molecular weight excluding hydrogens is 477 g/mol. The van der Waals surface area contributed by atoms with E-state index in [1.54, 1.807) is 35.2 Å². The number of hydrogen-bond donors (Lipinski definition) is 1. The lowest BCUT2D eigenvalue weighted by Gasteiger charge is -2.34. The molecule has 27 heavy (non-hydrogen) atoms. The van der Waals surface area contributed by atoms with Gasteiger partial charge in [0, 0.05) is 35.4 Å². The Morgan fingerprint density at radius 2 is 1.74 bits per heavy atom. The van der Waals surface area contributed by atoms with Gasteiger partial charge in [-0.2, -0.15) is 4.31 Å². The quantitative estimate of drug-likeness (QED) is 0.643. The SMILES string of the molecule is Cc1cc(I)ccc1NCC(=O)N1CCN(S(=O)(=O)c2ccccc2)CC1. The first-order valence-corrected chi connectivity index (χ1v) is 11.2. The fraction of sp³-hybridized carbons (Fsp3) is 0.316. The Hall–Kier alpha value is -1.65. The second-order valence-corrected chi connectivity index (χ2v) is 9.59. The Bertz CT molecular complexity index is 911. The van der Waals surface area contributed by atoms with Gasteiger partial charge in [-0.3, -0.25) is 4.79 Å². The van der Waals surface area contributed by atoms with E-state index in [9.17, 15) is 13.2 Å². The third-order valence-electron chi connectivity index (χ3n) is 4.59. The van der Waals surface area contributed by atoms with Crippen molar-refractivity contribution in [2.45, 2.75) is 11.8 Å². The summed E-state index contributed by atoms with van der Waals surface area (Å²) < 4.78 is 27.9. The lowest BCUT2D eigenvalue weighted by Crippen LogP contribution is -2.51. The van der Waals surface area contributed by atoms with Crippen LogP contribution in [0.1, 0.15) is 5.56 Å². The van der Waals surface area contributed by atoms with E-state index in [2.05, 4.69) is 34.0 Å². The van der Waals surface area contributed by atoms with Crippen LogP contribution in [0.15, 0.2) is 53.4 Å². The molecule has 144 valence electrons. The Labute approximate surface area is 173 Å². The lowest BCUT2D eigenvalue weighted by atomic mass is 10.2. The van der Waals surface area contributed by atoms with Crippen LogP contribution in [0, 0.1) is 10.5 Å². The van der Waals surface area contributed by atoms with Crippen LogP contribution in [0.2, 0.25) is 0 Å². The molecule has 0 aliphatic carbocycles. The van der Waals surface area contributed by atoms with Gasteiger partial charge < -0.3 is 10.2 Å². The van der Waals surface area contributed by atoms with E-state index in [-0.39, 0.29) is 12.5 Å². The average Bonchev–Trinajstić information content (AvgIpc) is 2.68. The van der Waals surface area contributed by atoms with Crippen LogP contribution in [0.4, 0.5) is 5.69 Å². The zero-order valence-corrected chi connectivity index (χ0v) is 18.0. The summed E-state index contributed by atoms with van der Waals surface area (Å²) in [4.78, 5) is 14.5. The summed E-state index contributed by atoms with van der Waals surface area (Å²) >= 11 is 2.25. The summed E-state index contributed by atoms with van der Waals surface area (Å²) in [6, 6.07) is 14.4. The third-order valence-corrected chi connectivity index (χ3v) is 7.17. The van der Waals surface area contributed by atoms with Crippen molar-refractivity contribution < 1.29 is 13.2 Å². The first-order valence-electron chi connectivity index (χ1n) is 8.71. The molecule has 1 aliphatic heterocycles. The molecule has 0 atom stereocenters. The minimum Gasteiger partial charge on any atom is -0.376 e. The number of piperazine rings is 1. The molecule has 8 heteroatoms. The van der Waals surface area contributed by atoms with E-state index in [0.717, 1.165) is 14.8 Å². The highest BCUT2D eigenvalue weighted by Crippen LogP contribution is 2.19. The van der Waals surface area contributed by atoms with E-state index in [1.165, 1.54) is 4.31 Å². The number of carbonyl (C=O) groups excluding carboxylic acids is 1. The number of rotatable bonds is 5. The minimum atomic E-state index is -3.50. The third kappa shape index (κ3) is 4.80. The van der Waals surface area contributed by atoms with Gasteiger partial charge >= 0.3 is 0 Å². The zero-order valence-electron chi connectivity index (χ0n) is 15.1. The predicted octanol–water partition coefficient (Wildman–Crippen LogP) is 2.54. The molecule has 0 bridgehead atoms. The molecule has 0 saturated carbocycles. The molecule has 1 heterocycles. The van der Waals surface area contributed by atoms with Crippen molar-refractivity contribution >= 4 is 44.2 Å². The molecule has 2 aromatic carbocycles. The first kappa shape index (κ1) is 20.1. The van der Waals surface area contributed by atoms with Gasteiger partial charge in [0.15, 0.2) is 0 Å². The van der Waals surface area contributed by atoms with E-state index in [1.807, 2.05) is 19.1 Å². The van der Waals surface area contributed by atoms with Crippen LogP contribution in [0.25, 0.3) is 0 Å². The van der Waals surface area contributed by atoms with Crippen LogP contribution in [0.3, 0.4) is 0 Å². The van der Waals surface area contributed by atoms with Gasteiger partial charge in [-0.1, -0.05) is 18.2 Å². The summed E-state index contributed by atoms with van der Waals surface area (Å²) in [5, 5.41) is 3.18. The largest absolute Gasteiger partial charge is 0.376 e. The van der Waals surface area contributed by atoms with Crippen LogP contribution in [-0.4, -0.2) is 56.3 Å². The molecule has 0 spiro atoms. The van der Waals surface area contributed by atoms with Crippen molar-refractivity contribution in [1.82, 2.24) is 9.21 Å². The van der Waals surface area contributed by atoms with Gasteiger partial charge in [0.1, 0.15) is 0 Å². The summed E-state index contributed by atoms with van der Waals surface area (Å²) in [5.41, 5.74) is 2.03. The molecule has 1 fully saturated rings. The number of hydrogen-bond acceptors (Lipinski definition) is 4. The molecule has 1 amide bonds. The number of sulfonamides is 1. The number of aryl methyl sites for hydroxylation is 1. The normalized spacial score (nSPS) is 15.6. The first-order chi connectivity index (χ1) is 12.9. The van der Waals surface area contributed by atoms with Gasteiger partial charge in [0.25, 0.3) is 0 Å². The molecule has 1 aliphatic rings. The number of amides is 1.